The molecule has 0 aromatic heterocycles. The fourth-order valence-electron chi connectivity index (χ4n) is 12.0. The largest absolute Gasteiger partial charge is 0.480 e. The zero-order chi connectivity index (χ0) is 31.9. The summed E-state index contributed by atoms with van der Waals surface area (Å²) in [6.07, 6.45) is 12.5. The van der Waals surface area contributed by atoms with Crippen LogP contribution in [0.1, 0.15) is 118 Å². The number of carbonyl (C=O) groups is 2. The van der Waals surface area contributed by atoms with Gasteiger partial charge in [0, 0.05) is 6.42 Å². The summed E-state index contributed by atoms with van der Waals surface area (Å²) in [5, 5.41) is 24.3. The number of nitrogens with one attached hydrogen (secondary N) is 1. The third-order valence-electron chi connectivity index (χ3n) is 15.0. The Bertz CT molecular complexity index is 1330. The number of amides is 1. The summed E-state index contributed by atoms with van der Waals surface area (Å²) >= 11 is 0. The number of aliphatic hydroxyl groups excluding tert-OH is 1. The smallest absolute Gasteiger partial charge is 0.326 e. The van der Waals surface area contributed by atoms with E-state index < -0.39 is 17.4 Å². The van der Waals surface area contributed by atoms with E-state index in [4.69, 9.17) is 0 Å². The number of rotatable bonds is 5. The van der Waals surface area contributed by atoms with Gasteiger partial charge < -0.3 is 15.5 Å². The van der Waals surface area contributed by atoms with Crippen molar-refractivity contribution in [2.75, 3.05) is 0 Å². The monoisotopic (exact) mass is 603 g/mol. The highest BCUT2D eigenvalue weighted by atomic mass is 16.4. The molecule has 5 heteroatoms. The van der Waals surface area contributed by atoms with Gasteiger partial charge in [-0.1, -0.05) is 90.4 Å². The molecule has 4 fully saturated rings. The Labute approximate surface area is 265 Å². The molecule has 5 aliphatic carbocycles. The summed E-state index contributed by atoms with van der Waals surface area (Å²) in [4.78, 5) is 27.0. The van der Waals surface area contributed by atoms with Gasteiger partial charge in [-0.3, -0.25) is 4.79 Å². The number of aliphatic carboxylic acids is 1. The van der Waals surface area contributed by atoms with Gasteiger partial charge in [-0.05, 0) is 115 Å². The van der Waals surface area contributed by atoms with Crippen LogP contribution in [0.15, 0.2) is 42.0 Å². The second-order valence-corrected chi connectivity index (χ2v) is 17.8. The average molecular weight is 604 g/mol. The molecule has 6 rings (SSSR count). The second-order valence-electron chi connectivity index (χ2n) is 17.8. The standard InChI is InChI=1S/C39H57NO4/c1-34(2)19-21-39(33(44)40-28(32(42)43)23-25-11-9-8-10-12-25)22-20-37(6)26(27(39)24-34)13-14-30-36(5)17-16-31(41)35(3,4)29(36)15-18-38(30,37)7/h8-13,27-31,41H,14-24H2,1-7H3,(H,40,44)(H,42,43)/t27-,28?,29?,30+,31-,36-,37+,38+,39-/m0/s1. The Morgan fingerprint density at radius 3 is 2.25 bits per heavy atom. The lowest BCUT2D eigenvalue weighted by Gasteiger charge is -2.71. The maximum Gasteiger partial charge on any atom is 0.326 e. The third kappa shape index (κ3) is 4.56. The zero-order valence-electron chi connectivity index (χ0n) is 28.3. The Morgan fingerprint density at radius 1 is 0.886 bits per heavy atom. The molecule has 3 N–H and O–H groups in total. The van der Waals surface area contributed by atoms with Gasteiger partial charge in [-0.25, -0.2) is 4.79 Å². The Morgan fingerprint density at radius 2 is 1.57 bits per heavy atom. The van der Waals surface area contributed by atoms with Crippen molar-refractivity contribution in [3.05, 3.63) is 47.5 Å². The van der Waals surface area contributed by atoms with Crippen molar-refractivity contribution < 1.29 is 19.8 Å². The van der Waals surface area contributed by atoms with E-state index in [1.165, 1.54) is 5.57 Å². The molecule has 44 heavy (non-hydrogen) atoms. The van der Waals surface area contributed by atoms with Gasteiger partial charge in [0.25, 0.3) is 0 Å². The number of fused-ring (bicyclic) bond motifs is 7. The summed E-state index contributed by atoms with van der Waals surface area (Å²) in [5.74, 6) is 0.175. The first-order valence-corrected chi connectivity index (χ1v) is 17.5. The minimum absolute atomic E-state index is 0.00219. The molecular weight excluding hydrogens is 546 g/mol. The quantitative estimate of drug-likeness (QED) is 0.298. The highest BCUT2D eigenvalue weighted by Crippen LogP contribution is 2.75. The van der Waals surface area contributed by atoms with Gasteiger partial charge in [-0.15, -0.1) is 0 Å². The van der Waals surface area contributed by atoms with Crippen molar-refractivity contribution in [1.29, 1.82) is 0 Å². The minimum Gasteiger partial charge on any atom is -0.480 e. The second kappa shape index (κ2) is 10.4. The lowest BCUT2D eigenvalue weighted by Crippen LogP contribution is -2.65. The highest BCUT2D eigenvalue weighted by Gasteiger charge is 2.69. The fraction of sp³-hybridized carbons (Fsp3) is 0.744. The van der Waals surface area contributed by atoms with E-state index >= 15 is 0 Å². The van der Waals surface area contributed by atoms with E-state index in [2.05, 4.69) is 59.9 Å². The van der Waals surface area contributed by atoms with Gasteiger partial charge in [0.1, 0.15) is 6.04 Å². The van der Waals surface area contributed by atoms with Gasteiger partial charge in [-0.2, -0.15) is 0 Å². The van der Waals surface area contributed by atoms with Crippen LogP contribution in [-0.4, -0.2) is 34.2 Å². The zero-order valence-corrected chi connectivity index (χ0v) is 28.3. The lowest BCUT2D eigenvalue weighted by molar-refractivity contribution is -0.203. The van der Waals surface area contributed by atoms with E-state index in [1.807, 2.05) is 30.3 Å². The van der Waals surface area contributed by atoms with Crippen molar-refractivity contribution in [3.63, 3.8) is 0 Å². The summed E-state index contributed by atoms with van der Waals surface area (Å²) in [6, 6.07) is 8.70. The van der Waals surface area contributed by atoms with Crippen LogP contribution in [0.2, 0.25) is 0 Å². The van der Waals surface area contributed by atoms with Crippen LogP contribution in [0.3, 0.4) is 0 Å². The number of hydrogen-bond acceptors (Lipinski definition) is 3. The molecular formula is C39H57NO4. The number of benzene rings is 1. The van der Waals surface area contributed by atoms with Crippen molar-refractivity contribution in [1.82, 2.24) is 5.32 Å². The Balaban J connectivity index is 1.36. The van der Waals surface area contributed by atoms with Gasteiger partial charge in [0.2, 0.25) is 5.91 Å². The molecule has 9 atom stereocenters. The van der Waals surface area contributed by atoms with Gasteiger partial charge in [0.15, 0.2) is 0 Å². The molecule has 0 saturated heterocycles. The highest BCUT2D eigenvalue weighted by molar-refractivity contribution is 5.88. The van der Waals surface area contributed by atoms with Crippen molar-refractivity contribution >= 4 is 11.9 Å². The molecule has 1 aromatic carbocycles. The molecule has 0 spiro atoms. The molecule has 2 unspecified atom stereocenters. The van der Waals surface area contributed by atoms with Crippen molar-refractivity contribution in [3.8, 4) is 0 Å². The van der Waals surface area contributed by atoms with E-state index in [9.17, 15) is 19.8 Å². The molecule has 0 heterocycles. The predicted octanol–water partition coefficient (Wildman–Crippen LogP) is 7.96. The summed E-state index contributed by atoms with van der Waals surface area (Å²) in [6.45, 7) is 16.9. The first-order chi connectivity index (χ1) is 20.5. The molecule has 0 radical (unpaired) electrons. The lowest BCUT2D eigenvalue weighted by atomic mass is 9.33. The van der Waals surface area contributed by atoms with E-state index in [0.717, 1.165) is 69.8 Å². The Kier molecular flexibility index (Phi) is 7.55. The van der Waals surface area contributed by atoms with E-state index in [1.54, 1.807) is 0 Å². The number of carboxylic acids is 1. The van der Waals surface area contributed by atoms with Crippen LogP contribution in [0.4, 0.5) is 0 Å². The number of allylic oxidation sites excluding steroid dienone is 2. The van der Waals surface area contributed by atoms with Gasteiger partial charge in [0.05, 0.1) is 11.5 Å². The first-order valence-electron chi connectivity index (χ1n) is 17.5. The summed E-state index contributed by atoms with van der Waals surface area (Å²) < 4.78 is 0. The average Bonchev–Trinajstić information content (AvgIpc) is 2.95. The van der Waals surface area contributed by atoms with Crippen LogP contribution >= 0.6 is 0 Å². The molecule has 5 nitrogen and oxygen atoms in total. The maximum atomic E-state index is 14.5. The molecule has 4 saturated carbocycles. The topological polar surface area (TPSA) is 86.6 Å². The molecule has 1 amide bonds. The van der Waals surface area contributed by atoms with Crippen molar-refractivity contribution in [2.24, 2.45) is 50.2 Å². The molecule has 5 aliphatic rings. The molecule has 0 aliphatic heterocycles. The van der Waals surface area contributed by atoms with Crippen LogP contribution in [0.5, 0.6) is 0 Å². The van der Waals surface area contributed by atoms with Crippen LogP contribution in [0.25, 0.3) is 0 Å². The predicted molar refractivity (Wildman–Crippen MR) is 175 cm³/mol. The van der Waals surface area contributed by atoms with Crippen LogP contribution < -0.4 is 5.32 Å². The normalized spacial score (nSPS) is 42.8. The summed E-state index contributed by atoms with van der Waals surface area (Å²) in [7, 11) is 0. The molecule has 242 valence electrons. The maximum absolute atomic E-state index is 14.5. The molecule has 1 aromatic rings. The number of aliphatic hydroxyl groups is 1. The van der Waals surface area contributed by atoms with Crippen LogP contribution in [-0.2, 0) is 16.0 Å². The van der Waals surface area contributed by atoms with Crippen molar-refractivity contribution in [2.45, 2.75) is 131 Å². The molecule has 0 bridgehead atoms. The first kappa shape index (κ1) is 31.8. The third-order valence-corrected chi connectivity index (χ3v) is 15.0. The number of carboxylic acid groups (broad SMARTS) is 1. The van der Waals surface area contributed by atoms with E-state index in [-0.39, 0.29) is 45.0 Å². The van der Waals surface area contributed by atoms with Crippen LogP contribution in [0, 0.1) is 50.2 Å². The number of hydrogen-bond donors (Lipinski definition) is 3. The SMILES string of the molecule is CC1(C)CC[C@]2(C(=O)NC(Cc3ccccc3)C(=O)O)CC[C@]3(C)C(=CC[C@@H]4[C@@]5(C)CC[C@H](O)C(C)(C)C5CC[C@]43C)[C@@H]2C1. The Hall–Kier alpha value is -2.14. The van der Waals surface area contributed by atoms with E-state index in [0.29, 0.717) is 18.3 Å². The summed E-state index contributed by atoms with van der Waals surface area (Å²) in [5.41, 5.74) is 2.23. The van der Waals surface area contributed by atoms with Gasteiger partial charge >= 0.3 is 5.97 Å². The number of carbonyl (C=O) groups excluding carboxylic acids is 1. The fourth-order valence-corrected chi connectivity index (χ4v) is 12.0. The minimum atomic E-state index is -0.968.